The molecule has 0 aliphatic carbocycles. The second-order valence-electron chi connectivity index (χ2n) is 4.77. The first-order chi connectivity index (χ1) is 9.09. The Morgan fingerprint density at radius 3 is 3.00 bits per heavy atom. The highest BCUT2D eigenvalue weighted by Crippen LogP contribution is 2.17. The standard InChI is InChI=1S/C13H17ClN4O/c1-3-13(2,4-5-14)17-12(19)10-8-16-18-7-6-15-9-11(10)18/h6-9H,3-5H2,1-2H3,(H,17,19). The maximum Gasteiger partial charge on any atom is 0.255 e. The van der Waals surface area contributed by atoms with Crippen molar-refractivity contribution in [2.75, 3.05) is 5.88 Å². The number of hydrogen-bond donors (Lipinski definition) is 1. The van der Waals surface area contributed by atoms with Crippen LogP contribution in [0.2, 0.25) is 0 Å². The number of carbonyl (C=O) groups is 1. The lowest BCUT2D eigenvalue weighted by atomic mass is 9.95. The van der Waals surface area contributed by atoms with Crippen molar-refractivity contribution in [2.24, 2.45) is 0 Å². The van der Waals surface area contributed by atoms with Crippen molar-refractivity contribution in [3.63, 3.8) is 0 Å². The number of hydrogen-bond acceptors (Lipinski definition) is 3. The topological polar surface area (TPSA) is 59.3 Å². The number of nitrogens with one attached hydrogen (secondary N) is 1. The Morgan fingerprint density at radius 2 is 2.32 bits per heavy atom. The van der Waals surface area contributed by atoms with Crippen LogP contribution in [0.3, 0.4) is 0 Å². The molecule has 2 heterocycles. The minimum absolute atomic E-state index is 0.141. The van der Waals surface area contributed by atoms with Crippen LogP contribution in [0.4, 0.5) is 0 Å². The van der Waals surface area contributed by atoms with Gasteiger partial charge in [0.05, 0.1) is 23.5 Å². The molecule has 0 spiro atoms. The minimum Gasteiger partial charge on any atom is -0.347 e. The third-order valence-corrected chi connectivity index (χ3v) is 3.60. The van der Waals surface area contributed by atoms with Gasteiger partial charge in [0.15, 0.2) is 0 Å². The molecule has 19 heavy (non-hydrogen) atoms. The molecular weight excluding hydrogens is 264 g/mol. The summed E-state index contributed by atoms with van der Waals surface area (Å²) >= 11 is 5.79. The number of carbonyl (C=O) groups excluding carboxylic acids is 1. The van der Waals surface area contributed by atoms with Gasteiger partial charge in [-0.1, -0.05) is 6.92 Å². The predicted octanol–water partition coefficient (Wildman–Crippen LogP) is 2.26. The van der Waals surface area contributed by atoms with Gasteiger partial charge >= 0.3 is 0 Å². The Bertz CT molecular complexity index is 583. The summed E-state index contributed by atoms with van der Waals surface area (Å²) in [5.74, 6) is 0.374. The average molecular weight is 281 g/mol. The molecule has 0 fully saturated rings. The number of halogens is 1. The number of alkyl halides is 1. The molecule has 2 aromatic heterocycles. The zero-order valence-corrected chi connectivity index (χ0v) is 11.8. The van der Waals surface area contributed by atoms with Crippen LogP contribution < -0.4 is 5.32 Å². The van der Waals surface area contributed by atoms with Crippen LogP contribution in [-0.2, 0) is 0 Å². The van der Waals surface area contributed by atoms with Crippen LogP contribution in [0.1, 0.15) is 37.0 Å². The highest BCUT2D eigenvalue weighted by atomic mass is 35.5. The summed E-state index contributed by atoms with van der Waals surface area (Å²) in [7, 11) is 0. The molecule has 0 bridgehead atoms. The summed E-state index contributed by atoms with van der Waals surface area (Å²) in [4.78, 5) is 16.4. The van der Waals surface area contributed by atoms with Gasteiger partial charge in [-0.05, 0) is 19.8 Å². The molecule has 1 amide bonds. The molecule has 1 atom stereocenters. The van der Waals surface area contributed by atoms with Crippen molar-refractivity contribution in [2.45, 2.75) is 32.2 Å². The van der Waals surface area contributed by atoms with E-state index >= 15 is 0 Å². The maximum absolute atomic E-state index is 12.3. The molecule has 6 heteroatoms. The van der Waals surface area contributed by atoms with E-state index in [9.17, 15) is 4.79 Å². The molecule has 0 saturated carbocycles. The monoisotopic (exact) mass is 280 g/mol. The molecule has 0 aliphatic rings. The Balaban J connectivity index is 2.24. The van der Waals surface area contributed by atoms with Crippen molar-refractivity contribution in [3.8, 4) is 0 Å². The van der Waals surface area contributed by atoms with E-state index in [1.54, 1.807) is 29.3 Å². The second-order valence-corrected chi connectivity index (χ2v) is 5.15. The van der Waals surface area contributed by atoms with E-state index in [0.29, 0.717) is 17.0 Å². The predicted molar refractivity (Wildman–Crippen MR) is 74.5 cm³/mol. The number of rotatable bonds is 5. The molecule has 1 N–H and O–H groups in total. The van der Waals surface area contributed by atoms with E-state index in [4.69, 9.17) is 11.6 Å². The van der Waals surface area contributed by atoms with Gasteiger partial charge < -0.3 is 5.32 Å². The van der Waals surface area contributed by atoms with Gasteiger partial charge in [0.1, 0.15) is 0 Å². The van der Waals surface area contributed by atoms with Crippen LogP contribution in [0, 0.1) is 0 Å². The van der Waals surface area contributed by atoms with Crippen molar-refractivity contribution in [1.29, 1.82) is 0 Å². The van der Waals surface area contributed by atoms with Gasteiger partial charge in [0.25, 0.3) is 5.91 Å². The SMILES string of the molecule is CCC(C)(CCCl)NC(=O)c1cnn2ccncc12. The maximum atomic E-state index is 12.3. The largest absolute Gasteiger partial charge is 0.347 e. The molecule has 2 aromatic rings. The molecule has 0 radical (unpaired) electrons. The molecular formula is C13H17ClN4O. The zero-order chi connectivity index (χ0) is 13.9. The van der Waals surface area contributed by atoms with E-state index in [1.165, 1.54) is 0 Å². The molecule has 2 rings (SSSR count). The quantitative estimate of drug-likeness (QED) is 0.855. The Hall–Kier alpha value is -1.62. The zero-order valence-electron chi connectivity index (χ0n) is 11.1. The fourth-order valence-electron chi connectivity index (χ4n) is 1.89. The van der Waals surface area contributed by atoms with Gasteiger partial charge in [-0.3, -0.25) is 9.78 Å². The van der Waals surface area contributed by atoms with Crippen LogP contribution in [0.5, 0.6) is 0 Å². The van der Waals surface area contributed by atoms with E-state index < -0.39 is 0 Å². The highest BCUT2D eigenvalue weighted by molar-refractivity contribution is 6.17. The second kappa shape index (κ2) is 5.57. The van der Waals surface area contributed by atoms with Crippen LogP contribution in [0.15, 0.2) is 24.8 Å². The lowest BCUT2D eigenvalue weighted by molar-refractivity contribution is 0.0903. The molecule has 0 aromatic carbocycles. The number of fused-ring (bicyclic) bond motifs is 1. The lowest BCUT2D eigenvalue weighted by Crippen LogP contribution is -2.45. The van der Waals surface area contributed by atoms with E-state index in [1.807, 2.05) is 13.8 Å². The van der Waals surface area contributed by atoms with Crippen molar-refractivity contribution in [3.05, 3.63) is 30.4 Å². The van der Waals surface area contributed by atoms with Crippen molar-refractivity contribution < 1.29 is 4.79 Å². The molecule has 0 aliphatic heterocycles. The van der Waals surface area contributed by atoms with Gasteiger partial charge in [-0.15, -0.1) is 11.6 Å². The van der Waals surface area contributed by atoms with Crippen molar-refractivity contribution in [1.82, 2.24) is 19.9 Å². The Kier molecular flexibility index (Phi) is 4.04. The van der Waals surface area contributed by atoms with Gasteiger partial charge in [0, 0.05) is 23.8 Å². The fraction of sp³-hybridized carbons (Fsp3) is 0.462. The summed E-state index contributed by atoms with van der Waals surface area (Å²) in [6.45, 7) is 4.03. The first-order valence-corrected chi connectivity index (χ1v) is 6.79. The smallest absolute Gasteiger partial charge is 0.255 e. The van der Waals surface area contributed by atoms with Crippen LogP contribution in [-0.4, -0.2) is 31.9 Å². The number of nitrogens with zero attached hydrogens (tertiary/aromatic N) is 3. The Labute approximate surface area is 117 Å². The summed E-state index contributed by atoms with van der Waals surface area (Å²) in [5.41, 5.74) is 0.932. The summed E-state index contributed by atoms with van der Waals surface area (Å²) in [5, 5.41) is 7.17. The summed E-state index contributed by atoms with van der Waals surface area (Å²) in [6, 6.07) is 0. The molecule has 1 unspecified atom stereocenters. The van der Waals surface area contributed by atoms with E-state index in [-0.39, 0.29) is 11.4 Å². The van der Waals surface area contributed by atoms with Gasteiger partial charge in [-0.2, -0.15) is 5.10 Å². The van der Waals surface area contributed by atoms with E-state index in [0.717, 1.165) is 12.8 Å². The normalized spacial score (nSPS) is 14.3. The van der Waals surface area contributed by atoms with Crippen LogP contribution >= 0.6 is 11.6 Å². The van der Waals surface area contributed by atoms with E-state index in [2.05, 4.69) is 15.4 Å². The molecule has 0 saturated heterocycles. The highest BCUT2D eigenvalue weighted by Gasteiger charge is 2.25. The molecule has 5 nitrogen and oxygen atoms in total. The van der Waals surface area contributed by atoms with Crippen LogP contribution in [0.25, 0.3) is 5.52 Å². The first-order valence-electron chi connectivity index (χ1n) is 6.25. The Morgan fingerprint density at radius 1 is 1.53 bits per heavy atom. The first kappa shape index (κ1) is 13.8. The summed E-state index contributed by atoms with van der Waals surface area (Å²) < 4.78 is 1.63. The number of aromatic nitrogens is 3. The molecule has 102 valence electrons. The number of amides is 1. The summed E-state index contributed by atoms with van der Waals surface area (Å²) in [6.07, 6.45) is 8.09. The fourth-order valence-corrected chi connectivity index (χ4v) is 2.30. The lowest BCUT2D eigenvalue weighted by Gasteiger charge is -2.28. The third kappa shape index (κ3) is 2.87. The minimum atomic E-state index is -0.296. The van der Waals surface area contributed by atoms with Gasteiger partial charge in [0.2, 0.25) is 0 Å². The van der Waals surface area contributed by atoms with Crippen molar-refractivity contribution >= 4 is 23.0 Å². The third-order valence-electron chi connectivity index (χ3n) is 3.41. The average Bonchev–Trinajstić information content (AvgIpc) is 2.83. The van der Waals surface area contributed by atoms with Gasteiger partial charge in [-0.25, -0.2) is 4.52 Å².